The zero-order valence-electron chi connectivity index (χ0n) is 10.1. The molecule has 0 aliphatic carbocycles. The molecule has 0 heterocycles. The van der Waals surface area contributed by atoms with E-state index in [1.54, 1.807) is 30.3 Å². The Kier molecular flexibility index (Phi) is 14.8. The Morgan fingerprint density at radius 3 is 1.71 bits per heavy atom. The average molecular weight is 267 g/mol. The van der Waals surface area contributed by atoms with Gasteiger partial charge in [0.05, 0.1) is 12.1 Å². The van der Waals surface area contributed by atoms with Gasteiger partial charge in [0, 0.05) is 0 Å². The van der Waals surface area contributed by atoms with E-state index in [1.807, 2.05) is 0 Å². The summed E-state index contributed by atoms with van der Waals surface area (Å²) in [6, 6.07) is 8.30. The first-order valence-corrected chi connectivity index (χ1v) is 9.61. The van der Waals surface area contributed by atoms with Crippen molar-refractivity contribution in [1.29, 1.82) is 0 Å². The number of carboxylic acids is 2. The van der Waals surface area contributed by atoms with Crippen LogP contribution in [0.25, 0.3) is 0 Å². The van der Waals surface area contributed by atoms with E-state index in [9.17, 15) is 9.59 Å². The van der Waals surface area contributed by atoms with Gasteiger partial charge in [-0.05, 0) is 12.1 Å². The van der Waals surface area contributed by atoms with Gasteiger partial charge in [0.15, 0.2) is 0 Å². The van der Waals surface area contributed by atoms with Gasteiger partial charge in [-0.3, -0.25) is 4.79 Å². The Labute approximate surface area is 119 Å². The van der Waals surface area contributed by atoms with Crippen molar-refractivity contribution < 1.29 is 19.8 Å². The fourth-order valence-electron chi connectivity index (χ4n) is 0.581. The monoisotopic (exact) mass is 267 g/mol. The molecule has 0 radical (unpaired) electrons. The minimum atomic E-state index is -0.968. The number of aliphatic carboxylic acids is 1. The van der Waals surface area contributed by atoms with E-state index in [1.165, 1.54) is 0 Å². The standard InChI is InChI=1S/C7H6O2.C2H5NO2.2CH3.Ca/c8-7(9)6-4-2-1-3-5-6;3-1-2(4)5;;;/h1-5H,(H,8,9);1,3H2,(H,4,5);2*1H3;. The third kappa shape index (κ3) is 15.4. The summed E-state index contributed by atoms with van der Waals surface area (Å²) in [5, 5.41) is 16.0. The zero-order valence-corrected chi connectivity index (χ0v) is 12.3. The van der Waals surface area contributed by atoms with E-state index < -0.39 is 11.9 Å². The van der Waals surface area contributed by atoms with Crippen LogP contribution in [0.4, 0.5) is 0 Å². The molecule has 0 atom stereocenters. The van der Waals surface area contributed by atoms with E-state index in [4.69, 9.17) is 10.2 Å². The third-order valence-corrected chi connectivity index (χ3v) is 1.20. The second-order valence-corrected chi connectivity index (χ2v) is 5.18. The van der Waals surface area contributed by atoms with Gasteiger partial charge in [0.2, 0.25) is 0 Å². The maximum atomic E-state index is 10.2. The van der Waals surface area contributed by atoms with Gasteiger partial charge in [-0.15, -0.1) is 0 Å². The summed E-state index contributed by atoms with van der Waals surface area (Å²) in [4.78, 5) is 19.4. The Balaban J connectivity index is 0. The second-order valence-electron chi connectivity index (χ2n) is 2.98. The molecule has 0 aliphatic heterocycles. The zero-order chi connectivity index (χ0) is 13.7. The molecule has 6 heteroatoms. The Hall–Kier alpha value is -0.620. The summed E-state index contributed by atoms with van der Waals surface area (Å²) in [5.41, 5.74) is 4.90. The summed E-state index contributed by atoms with van der Waals surface area (Å²) in [5.74, 6) is -1.85. The third-order valence-electron chi connectivity index (χ3n) is 1.20. The fraction of sp³-hybridized carbons (Fsp3) is 0.273. The van der Waals surface area contributed by atoms with Gasteiger partial charge in [-0.25, -0.2) is 4.79 Å². The van der Waals surface area contributed by atoms with Crippen molar-refractivity contribution >= 4 is 45.8 Å². The first kappa shape index (κ1) is 18.7. The van der Waals surface area contributed by atoms with Crippen LogP contribution in [-0.4, -0.2) is 62.5 Å². The average Bonchev–Trinajstić information content (AvgIpc) is 2.32. The van der Waals surface area contributed by atoms with Crippen molar-refractivity contribution in [3.05, 3.63) is 35.9 Å². The number of nitrogens with two attached hydrogens (primary N) is 1. The van der Waals surface area contributed by atoms with Crippen LogP contribution in [-0.2, 0) is 4.79 Å². The van der Waals surface area contributed by atoms with Crippen LogP contribution in [0.5, 0.6) is 0 Å². The predicted octanol–water partition coefficient (Wildman–Crippen LogP) is 1.20. The van der Waals surface area contributed by atoms with Gasteiger partial charge in [-0.2, -0.15) is 0 Å². The molecular formula is C11H17CaNO4. The van der Waals surface area contributed by atoms with Crippen molar-refractivity contribution in [2.45, 2.75) is 6.04 Å². The van der Waals surface area contributed by atoms with Crippen LogP contribution in [0.3, 0.4) is 0 Å². The number of carboxylic acid groups (broad SMARTS) is 2. The molecule has 1 rings (SSSR count). The van der Waals surface area contributed by atoms with Gasteiger partial charge < -0.3 is 15.9 Å². The normalized spacial score (nSPS) is 7.47. The molecule has 0 unspecified atom stereocenters. The van der Waals surface area contributed by atoms with Crippen LogP contribution in [0.1, 0.15) is 10.4 Å². The molecule has 0 aliphatic rings. The number of benzene rings is 1. The molecule has 0 saturated carbocycles. The Morgan fingerprint density at radius 1 is 1.18 bits per heavy atom. The van der Waals surface area contributed by atoms with E-state index in [2.05, 4.69) is 11.8 Å². The van der Waals surface area contributed by atoms with Crippen LogP contribution >= 0.6 is 0 Å². The maximum absolute atomic E-state index is 10.2. The van der Waals surface area contributed by atoms with Gasteiger partial charge in [-0.1, -0.05) is 18.2 Å². The number of hydrogen-bond donors (Lipinski definition) is 3. The number of hydrogen-bond acceptors (Lipinski definition) is 3. The summed E-state index contributed by atoms with van der Waals surface area (Å²) in [6.45, 7) is -0.278. The van der Waals surface area contributed by atoms with Gasteiger partial charge in [0.25, 0.3) is 0 Å². The molecule has 1 aromatic carbocycles. The predicted molar refractivity (Wildman–Crippen MR) is 67.6 cm³/mol. The molecule has 92 valence electrons. The molecule has 0 saturated heterocycles. The number of carbonyl (C=O) groups is 2. The molecule has 1 aromatic rings. The topological polar surface area (TPSA) is 101 Å². The molecule has 4 N–H and O–H groups in total. The number of aromatic carboxylic acids is 1. The van der Waals surface area contributed by atoms with Crippen LogP contribution in [0.15, 0.2) is 30.3 Å². The molecule has 17 heavy (non-hydrogen) atoms. The Bertz CT molecular complexity index is 317. The first-order chi connectivity index (χ1) is 7.99. The molecule has 0 bridgehead atoms. The Morgan fingerprint density at radius 2 is 1.53 bits per heavy atom. The van der Waals surface area contributed by atoms with Crippen molar-refractivity contribution in [3.63, 3.8) is 0 Å². The fourth-order valence-corrected chi connectivity index (χ4v) is 0.581. The quantitative estimate of drug-likeness (QED) is 0.699. The molecule has 0 fully saturated rings. The van der Waals surface area contributed by atoms with Crippen LogP contribution in [0.2, 0.25) is 6.04 Å². The molecule has 0 aromatic heterocycles. The van der Waals surface area contributed by atoms with E-state index in [0.717, 1.165) is 0 Å². The summed E-state index contributed by atoms with van der Waals surface area (Å²) < 4.78 is 4.62. The van der Waals surface area contributed by atoms with Crippen molar-refractivity contribution in [2.75, 3.05) is 6.54 Å². The molecule has 0 spiro atoms. The summed E-state index contributed by atoms with van der Waals surface area (Å²) >= 11 is 0.125. The summed E-state index contributed by atoms with van der Waals surface area (Å²) in [7, 11) is 0. The van der Waals surface area contributed by atoms with E-state index in [0.29, 0.717) is 5.56 Å². The van der Waals surface area contributed by atoms with Crippen molar-refractivity contribution in [2.24, 2.45) is 5.73 Å². The molecule has 5 nitrogen and oxygen atoms in total. The molecule has 0 amide bonds. The van der Waals surface area contributed by atoms with Gasteiger partial charge in [0.1, 0.15) is 0 Å². The van der Waals surface area contributed by atoms with E-state index in [-0.39, 0.29) is 40.4 Å². The van der Waals surface area contributed by atoms with Crippen molar-refractivity contribution in [1.82, 2.24) is 0 Å². The van der Waals surface area contributed by atoms with Crippen LogP contribution < -0.4 is 5.73 Å². The second kappa shape index (κ2) is 13.4. The summed E-state index contributed by atoms with van der Waals surface area (Å²) in [6.07, 6.45) is 0. The van der Waals surface area contributed by atoms with E-state index >= 15 is 0 Å². The van der Waals surface area contributed by atoms with Crippen LogP contribution in [0, 0.1) is 0 Å². The van der Waals surface area contributed by atoms with Crippen molar-refractivity contribution in [3.8, 4) is 0 Å². The minimum absolute atomic E-state index is 0.125. The molecular weight excluding hydrogens is 250 g/mol. The van der Waals surface area contributed by atoms with Gasteiger partial charge >= 0.3 is 51.8 Å². The number of rotatable bonds is 2. The SMILES string of the molecule is NCC(=O)O.O=C(O)c1ccccc1.[CH3][Ca][CH3]. The first-order valence-electron chi connectivity index (χ1n) is 5.19.